The number of carbonyl (C=O) groups is 1. The average molecular weight is 533 g/mol. The molecule has 3 rings (SSSR count). The number of aliphatic hydroxyl groups is 1. The lowest BCUT2D eigenvalue weighted by Gasteiger charge is -2.16. The summed E-state index contributed by atoms with van der Waals surface area (Å²) in [6.45, 7) is 1.88. The number of amides is 2. The highest BCUT2D eigenvalue weighted by Gasteiger charge is 2.38. The maximum Gasteiger partial charge on any atom is 0.435 e. The molecule has 16 heteroatoms. The fourth-order valence-electron chi connectivity index (χ4n) is 3.24. The fraction of sp³-hybridized carbons (Fsp3) is 0.381. The van der Waals surface area contributed by atoms with E-state index < -0.39 is 42.3 Å². The van der Waals surface area contributed by atoms with E-state index in [0.717, 1.165) is 10.9 Å². The number of rotatable bonds is 7. The summed E-state index contributed by atoms with van der Waals surface area (Å²) >= 11 is 0. The second kappa shape index (κ2) is 10.6. The van der Waals surface area contributed by atoms with Crippen molar-refractivity contribution in [3.63, 3.8) is 0 Å². The second-order valence-corrected chi connectivity index (χ2v) is 7.79. The number of halogens is 6. The minimum absolute atomic E-state index is 0.0453. The molecule has 200 valence electrons. The quantitative estimate of drug-likeness (QED) is 0.396. The number of hydrogen-bond acceptors (Lipinski definition) is 7. The number of aryl methyl sites for hydroxylation is 2. The molecule has 3 N–H and O–H groups in total. The van der Waals surface area contributed by atoms with Gasteiger partial charge in [0.2, 0.25) is 5.88 Å². The number of aromatic nitrogens is 5. The Balaban J connectivity index is 1.75. The van der Waals surface area contributed by atoms with Crippen molar-refractivity contribution >= 4 is 11.7 Å². The summed E-state index contributed by atoms with van der Waals surface area (Å²) in [6.07, 6.45) is -8.37. The number of nitrogens with zero attached hydrogens (tertiary/aromatic N) is 5. The third-order valence-corrected chi connectivity index (χ3v) is 4.91. The molecule has 0 aliphatic carbocycles. The highest BCUT2D eigenvalue weighted by atomic mass is 19.4. The lowest BCUT2D eigenvalue weighted by molar-refractivity contribution is -0.142. The minimum Gasteiger partial charge on any atom is -0.475 e. The van der Waals surface area contributed by atoms with Gasteiger partial charge in [0, 0.05) is 18.8 Å². The lowest BCUT2D eigenvalue weighted by atomic mass is 10.1. The Hall–Kier alpha value is -3.95. The zero-order valence-corrected chi connectivity index (χ0v) is 19.6. The maximum atomic E-state index is 13.3. The first-order valence-electron chi connectivity index (χ1n) is 10.5. The van der Waals surface area contributed by atoms with Crippen molar-refractivity contribution in [3.05, 3.63) is 46.5 Å². The number of alkyl halides is 6. The Morgan fingerprint density at radius 1 is 1.11 bits per heavy atom. The molecule has 0 spiro atoms. The van der Waals surface area contributed by atoms with Crippen LogP contribution in [0.4, 0.5) is 36.8 Å². The van der Waals surface area contributed by atoms with Gasteiger partial charge in [-0.05, 0) is 31.5 Å². The predicted molar refractivity (Wildman–Crippen MR) is 116 cm³/mol. The van der Waals surface area contributed by atoms with Gasteiger partial charge < -0.3 is 20.5 Å². The third-order valence-electron chi connectivity index (χ3n) is 4.91. The van der Waals surface area contributed by atoms with E-state index in [2.05, 4.69) is 30.9 Å². The van der Waals surface area contributed by atoms with E-state index in [1.54, 1.807) is 0 Å². The topological polar surface area (TPSA) is 127 Å². The van der Waals surface area contributed by atoms with Gasteiger partial charge in [-0.1, -0.05) is 0 Å². The molecule has 3 heterocycles. The van der Waals surface area contributed by atoms with Gasteiger partial charge in [-0.15, -0.1) is 5.10 Å². The van der Waals surface area contributed by atoms with Gasteiger partial charge in [0.1, 0.15) is 6.61 Å². The predicted octanol–water partition coefficient (Wildman–Crippen LogP) is 3.62. The number of urea groups is 1. The number of ether oxygens (including phenoxy) is 1. The number of aliphatic hydroxyl groups excluding tert-OH is 1. The molecule has 0 aromatic carbocycles. The number of anilines is 1. The first kappa shape index (κ1) is 27.6. The van der Waals surface area contributed by atoms with Crippen LogP contribution in [0.2, 0.25) is 0 Å². The Bertz CT molecular complexity index is 1290. The van der Waals surface area contributed by atoms with Crippen LogP contribution in [-0.2, 0) is 25.9 Å². The van der Waals surface area contributed by atoms with Crippen molar-refractivity contribution in [2.45, 2.75) is 32.7 Å². The zero-order chi connectivity index (χ0) is 27.5. The van der Waals surface area contributed by atoms with Crippen LogP contribution in [0, 0.1) is 13.8 Å². The van der Waals surface area contributed by atoms with Crippen molar-refractivity contribution in [2.24, 2.45) is 7.05 Å². The van der Waals surface area contributed by atoms with E-state index in [4.69, 9.17) is 9.84 Å². The third kappa shape index (κ3) is 6.63. The van der Waals surface area contributed by atoms with Gasteiger partial charge in [-0.3, -0.25) is 4.68 Å². The Morgan fingerprint density at radius 2 is 1.81 bits per heavy atom. The molecule has 0 radical (unpaired) electrons. The summed E-state index contributed by atoms with van der Waals surface area (Å²) in [5.41, 5.74) is -2.37. The summed E-state index contributed by atoms with van der Waals surface area (Å²) in [4.78, 5) is 15.8. The van der Waals surface area contributed by atoms with E-state index in [0.29, 0.717) is 11.6 Å². The van der Waals surface area contributed by atoms with Crippen LogP contribution in [0.15, 0.2) is 18.3 Å². The molecule has 0 saturated carbocycles. The van der Waals surface area contributed by atoms with Gasteiger partial charge in [0.15, 0.2) is 11.4 Å². The zero-order valence-electron chi connectivity index (χ0n) is 19.6. The number of hydrogen-bond donors (Lipinski definition) is 3. The van der Waals surface area contributed by atoms with Crippen LogP contribution >= 0.6 is 0 Å². The molecule has 0 unspecified atom stereocenters. The fourth-order valence-corrected chi connectivity index (χ4v) is 3.24. The van der Waals surface area contributed by atoms with E-state index in [9.17, 15) is 31.1 Å². The highest BCUT2D eigenvalue weighted by Crippen LogP contribution is 2.36. The van der Waals surface area contributed by atoms with Crippen LogP contribution in [-0.4, -0.2) is 49.3 Å². The van der Waals surface area contributed by atoms with Crippen molar-refractivity contribution in [1.29, 1.82) is 0 Å². The maximum absolute atomic E-state index is 13.3. The van der Waals surface area contributed by atoms with Crippen LogP contribution in [0.3, 0.4) is 0 Å². The van der Waals surface area contributed by atoms with E-state index >= 15 is 0 Å². The summed E-state index contributed by atoms with van der Waals surface area (Å²) in [5.74, 6) is -0.412. The summed E-state index contributed by atoms with van der Waals surface area (Å²) in [6, 6.07) is 1.15. The van der Waals surface area contributed by atoms with Gasteiger partial charge in [-0.2, -0.15) is 36.5 Å². The Labute approximate surface area is 205 Å². The van der Waals surface area contributed by atoms with E-state index in [1.807, 2.05) is 0 Å². The molecule has 0 atom stereocenters. The van der Waals surface area contributed by atoms with Crippen molar-refractivity contribution in [1.82, 2.24) is 30.3 Å². The molecule has 0 aliphatic heterocycles. The monoisotopic (exact) mass is 533 g/mol. The molecule has 3 aromatic heterocycles. The van der Waals surface area contributed by atoms with E-state index in [1.165, 1.54) is 27.0 Å². The number of pyridine rings is 1. The molecule has 10 nitrogen and oxygen atoms in total. The highest BCUT2D eigenvalue weighted by molar-refractivity contribution is 5.90. The molecule has 0 saturated heterocycles. The van der Waals surface area contributed by atoms with Crippen molar-refractivity contribution in [3.8, 4) is 17.1 Å². The molecule has 37 heavy (non-hydrogen) atoms. The molecule has 0 bridgehead atoms. The lowest BCUT2D eigenvalue weighted by Crippen LogP contribution is -2.29. The first-order chi connectivity index (χ1) is 17.2. The Kier molecular flexibility index (Phi) is 7.90. The normalized spacial score (nSPS) is 11.9. The number of carbonyl (C=O) groups excluding carboxylic acids is 1. The standard InChI is InChI=1S/C21H21F6N7O3/c1-10-6-12(31-32-16(10)13-9-34(3)33-17(13)21(25,26)27)8-28-19(36)29-14-7-15(20(22,23)24)30-18(11(14)2)37-5-4-35/h6-7,9,35H,4-5,8H2,1-3H3,(H2,28,29,30,36). The van der Waals surface area contributed by atoms with Crippen LogP contribution < -0.4 is 15.4 Å². The SMILES string of the molecule is Cc1cc(CNC(=O)Nc2cc(C(F)(F)F)nc(OCCO)c2C)nnc1-c1cn(C)nc1C(F)(F)F. The van der Waals surface area contributed by atoms with Gasteiger partial charge in [0.05, 0.1) is 35.8 Å². The number of nitrogens with one attached hydrogen (secondary N) is 2. The van der Waals surface area contributed by atoms with Crippen molar-refractivity contribution < 1.29 is 41.0 Å². The van der Waals surface area contributed by atoms with E-state index in [-0.39, 0.29) is 41.4 Å². The smallest absolute Gasteiger partial charge is 0.435 e. The van der Waals surface area contributed by atoms with Crippen LogP contribution in [0.1, 0.15) is 28.2 Å². The summed E-state index contributed by atoms with van der Waals surface area (Å²) < 4.78 is 85.5. The molecule has 0 aliphatic rings. The molecule has 0 fully saturated rings. The minimum atomic E-state index is -4.83. The molecular formula is C21H21F6N7O3. The second-order valence-electron chi connectivity index (χ2n) is 7.79. The van der Waals surface area contributed by atoms with Gasteiger partial charge >= 0.3 is 18.4 Å². The Morgan fingerprint density at radius 3 is 2.41 bits per heavy atom. The molecule has 2 amide bonds. The van der Waals surface area contributed by atoms with Crippen LogP contribution in [0.5, 0.6) is 5.88 Å². The first-order valence-corrected chi connectivity index (χ1v) is 10.5. The molecule has 3 aromatic rings. The molecular weight excluding hydrogens is 512 g/mol. The largest absolute Gasteiger partial charge is 0.475 e. The van der Waals surface area contributed by atoms with Crippen LogP contribution in [0.25, 0.3) is 11.3 Å². The van der Waals surface area contributed by atoms with Crippen molar-refractivity contribution in [2.75, 3.05) is 18.5 Å². The summed E-state index contributed by atoms with van der Waals surface area (Å²) in [7, 11) is 1.34. The average Bonchev–Trinajstić information content (AvgIpc) is 3.19. The summed E-state index contributed by atoms with van der Waals surface area (Å²) in [5, 5.41) is 24.7. The van der Waals surface area contributed by atoms with Gasteiger partial charge in [0.25, 0.3) is 0 Å². The van der Waals surface area contributed by atoms with Gasteiger partial charge in [-0.25, -0.2) is 9.78 Å².